The van der Waals surface area contributed by atoms with Crippen LogP contribution in [0.4, 0.5) is 5.69 Å². The second-order valence-electron chi connectivity index (χ2n) is 6.75. The number of hydrogen-bond donors (Lipinski definition) is 0. The number of carbonyl (C=O) groups excluding carboxylic acids is 1. The molecule has 0 fully saturated rings. The molecule has 1 amide bonds. The third-order valence-corrected chi connectivity index (χ3v) is 4.96. The second-order valence-corrected chi connectivity index (χ2v) is 6.75. The molecule has 0 unspecified atom stereocenters. The summed E-state index contributed by atoms with van der Waals surface area (Å²) in [6.45, 7) is 0. The molecule has 0 radical (unpaired) electrons. The van der Waals surface area contributed by atoms with Crippen LogP contribution in [-0.2, 0) is 4.79 Å². The molecule has 0 saturated carbocycles. The Kier molecular flexibility index (Phi) is 5.71. The van der Waals surface area contributed by atoms with Crippen molar-refractivity contribution in [1.29, 1.82) is 0 Å². The number of methoxy groups -OCH3 is 3. The molecule has 1 aliphatic rings. The summed E-state index contributed by atoms with van der Waals surface area (Å²) in [4.78, 5) is 19.8. The van der Waals surface area contributed by atoms with Gasteiger partial charge in [0.05, 0.1) is 32.6 Å². The van der Waals surface area contributed by atoms with Crippen LogP contribution in [0.2, 0.25) is 0 Å². The predicted molar refractivity (Wildman–Crippen MR) is 121 cm³/mol. The fraction of sp³-hybridized carbons (Fsp3) is 0.120. The third kappa shape index (κ3) is 3.88. The van der Waals surface area contributed by atoms with Crippen molar-refractivity contribution in [1.82, 2.24) is 0 Å². The van der Waals surface area contributed by atoms with Crippen molar-refractivity contribution in [3.8, 4) is 17.2 Å². The number of para-hydroxylation sites is 2. The second kappa shape index (κ2) is 8.75. The summed E-state index contributed by atoms with van der Waals surface area (Å²) < 4.78 is 16.3. The summed E-state index contributed by atoms with van der Waals surface area (Å²) in [5, 5.41) is 0. The summed E-state index contributed by atoms with van der Waals surface area (Å²) in [5.41, 5.74) is 2.48. The molecule has 0 atom stereocenters. The quantitative estimate of drug-likeness (QED) is 0.556. The van der Waals surface area contributed by atoms with E-state index in [1.807, 2.05) is 66.7 Å². The van der Waals surface area contributed by atoms with E-state index in [0.717, 1.165) is 16.8 Å². The minimum Gasteiger partial charge on any atom is -0.497 e. The third-order valence-electron chi connectivity index (χ3n) is 4.96. The van der Waals surface area contributed by atoms with Gasteiger partial charge in [-0.2, -0.15) is 0 Å². The summed E-state index contributed by atoms with van der Waals surface area (Å²) in [6, 6.07) is 22.3. The van der Waals surface area contributed by atoms with Crippen LogP contribution in [0, 0.1) is 0 Å². The molecular weight excluding hydrogens is 392 g/mol. The lowest BCUT2D eigenvalue weighted by Crippen LogP contribution is -2.32. The Morgan fingerprint density at radius 1 is 0.806 bits per heavy atom. The molecule has 6 nitrogen and oxygen atoms in total. The Bertz CT molecular complexity index is 1170. The van der Waals surface area contributed by atoms with Crippen LogP contribution in [0.1, 0.15) is 11.1 Å². The first-order chi connectivity index (χ1) is 15.2. The van der Waals surface area contributed by atoms with Crippen LogP contribution in [0.25, 0.3) is 6.08 Å². The lowest BCUT2D eigenvalue weighted by molar-refractivity contribution is -0.113. The molecule has 1 aliphatic heterocycles. The Labute approximate surface area is 181 Å². The lowest BCUT2D eigenvalue weighted by Gasteiger charge is -2.19. The molecule has 0 N–H and O–H groups in total. The number of aliphatic imine (C=N–C) groups is 1. The Morgan fingerprint density at radius 3 is 2.23 bits per heavy atom. The predicted octanol–water partition coefficient (Wildman–Crippen LogP) is 4.55. The number of amidine groups is 1. The Hall–Kier alpha value is -4.06. The van der Waals surface area contributed by atoms with Gasteiger partial charge in [-0.15, -0.1) is 0 Å². The summed E-state index contributed by atoms with van der Waals surface area (Å²) in [5.74, 6) is 2.17. The van der Waals surface area contributed by atoms with Crippen molar-refractivity contribution in [3.05, 3.63) is 89.6 Å². The maximum Gasteiger partial charge on any atom is 0.282 e. The summed E-state index contributed by atoms with van der Waals surface area (Å²) in [7, 11) is 4.77. The normalized spacial score (nSPS) is 14.5. The average Bonchev–Trinajstić information content (AvgIpc) is 3.15. The van der Waals surface area contributed by atoms with Crippen molar-refractivity contribution < 1.29 is 19.0 Å². The first-order valence-electron chi connectivity index (χ1n) is 9.71. The maximum absolute atomic E-state index is 13.5. The number of ether oxygens (including phenoxy) is 3. The summed E-state index contributed by atoms with van der Waals surface area (Å²) >= 11 is 0. The Morgan fingerprint density at radius 2 is 1.52 bits per heavy atom. The minimum absolute atomic E-state index is 0.232. The van der Waals surface area contributed by atoms with Crippen LogP contribution in [-0.4, -0.2) is 33.1 Å². The molecular formula is C25H22N2O4. The van der Waals surface area contributed by atoms with Crippen molar-refractivity contribution in [2.24, 2.45) is 4.99 Å². The van der Waals surface area contributed by atoms with E-state index in [1.165, 1.54) is 0 Å². The van der Waals surface area contributed by atoms with Gasteiger partial charge in [0.1, 0.15) is 22.9 Å². The lowest BCUT2D eigenvalue weighted by atomic mass is 10.1. The number of anilines is 1. The van der Waals surface area contributed by atoms with Gasteiger partial charge in [-0.05, 0) is 42.5 Å². The van der Waals surface area contributed by atoms with E-state index in [4.69, 9.17) is 19.2 Å². The van der Waals surface area contributed by atoms with Crippen LogP contribution in [0.15, 0.2) is 83.5 Å². The van der Waals surface area contributed by atoms with E-state index in [0.29, 0.717) is 28.8 Å². The molecule has 0 spiro atoms. The number of benzene rings is 3. The van der Waals surface area contributed by atoms with Crippen LogP contribution >= 0.6 is 0 Å². The maximum atomic E-state index is 13.5. The van der Waals surface area contributed by atoms with Gasteiger partial charge < -0.3 is 14.2 Å². The molecule has 0 aliphatic carbocycles. The van der Waals surface area contributed by atoms with Crippen LogP contribution in [0.3, 0.4) is 0 Å². The number of amides is 1. The van der Waals surface area contributed by atoms with E-state index in [-0.39, 0.29) is 5.91 Å². The first-order valence-corrected chi connectivity index (χ1v) is 9.71. The van der Waals surface area contributed by atoms with E-state index >= 15 is 0 Å². The molecule has 4 rings (SSSR count). The van der Waals surface area contributed by atoms with Gasteiger partial charge in [0.15, 0.2) is 5.84 Å². The number of nitrogens with zero attached hydrogens (tertiary/aromatic N) is 2. The highest BCUT2D eigenvalue weighted by atomic mass is 16.5. The van der Waals surface area contributed by atoms with Gasteiger partial charge in [0.2, 0.25) is 0 Å². The van der Waals surface area contributed by atoms with E-state index in [1.54, 1.807) is 38.4 Å². The van der Waals surface area contributed by atoms with Gasteiger partial charge in [-0.3, -0.25) is 9.69 Å². The standard InChI is InChI=1S/C25H22N2O4/c1-29-19-14-13-17(23(16-19)31-3)15-21-25(28)27(18-9-5-4-6-10-18)24(26-21)20-11-7-8-12-22(20)30-2/h4-16H,1-3H3. The fourth-order valence-electron chi connectivity index (χ4n) is 3.43. The zero-order valence-electron chi connectivity index (χ0n) is 17.5. The number of hydrogen-bond acceptors (Lipinski definition) is 5. The molecule has 156 valence electrons. The molecule has 3 aromatic carbocycles. The van der Waals surface area contributed by atoms with Crippen LogP contribution in [0.5, 0.6) is 17.2 Å². The van der Waals surface area contributed by atoms with E-state index < -0.39 is 0 Å². The smallest absolute Gasteiger partial charge is 0.282 e. The van der Waals surface area contributed by atoms with E-state index in [2.05, 4.69) is 0 Å². The molecule has 3 aromatic rings. The van der Waals surface area contributed by atoms with Gasteiger partial charge >= 0.3 is 0 Å². The molecule has 31 heavy (non-hydrogen) atoms. The summed E-state index contributed by atoms with van der Waals surface area (Å²) in [6.07, 6.45) is 1.72. The fourth-order valence-corrected chi connectivity index (χ4v) is 3.43. The minimum atomic E-state index is -0.232. The van der Waals surface area contributed by atoms with Gasteiger partial charge in [0.25, 0.3) is 5.91 Å². The van der Waals surface area contributed by atoms with Gasteiger partial charge in [-0.25, -0.2) is 4.99 Å². The first kappa shape index (κ1) is 20.2. The van der Waals surface area contributed by atoms with Crippen molar-refractivity contribution in [3.63, 3.8) is 0 Å². The van der Waals surface area contributed by atoms with Gasteiger partial charge in [0, 0.05) is 11.6 Å². The highest BCUT2D eigenvalue weighted by Gasteiger charge is 2.33. The average molecular weight is 414 g/mol. The van der Waals surface area contributed by atoms with Crippen molar-refractivity contribution in [2.45, 2.75) is 0 Å². The van der Waals surface area contributed by atoms with Gasteiger partial charge in [-0.1, -0.05) is 30.3 Å². The SMILES string of the molecule is COc1ccc(C=C2N=C(c3ccccc3OC)N(c3ccccc3)C2=O)c(OC)c1. The largest absolute Gasteiger partial charge is 0.497 e. The zero-order chi connectivity index (χ0) is 21.8. The highest BCUT2D eigenvalue weighted by Crippen LogP contribution is 2.33. The van der Waals surface area contributed by atoms with Crippen LogP contribution < -0.4 is 19.1 Å². The molecule has 0 bridgehead atoms. The number of rotatable bonds is 6. The number of carbonyl (C=O) groups is 1. The Balaban J connectivity index is 1.86. The monoisotopic (exact) mass is 414 g/mol. The molecule has 6 heteroatoms. The van der Waals surface area contributed by atoms with E-state index in [9.17, 15) is 4.79 Å². The molecule has 0 saturated heterocycles. The highest BCUT2D eigenvalue weighted by molar-refractivity contribution is 6.33. The molecule has 1 heterocycles. The molecule has 0 aromatic heterocycles. The van der Waals surface area contributed by atoms with Crippen molar-refractivity contribution in [2.75, 3.05) is 26.2 Å². The topological polar surface area (TPSA) is 60.4 Å². The zero-order valence-corrected chi connectivity index (χ0v) is 17.5. The van der Waals surface area contributed by atoms with Crippen molar-refractivity contribution >= 4 is 23.5 Å².